The molecule has 1 aliphatic rings. The number of nitrogens with one attached hydrogen (secondary N) is 1. The predicted molar refractivity (Wildman–Crippen MR) is 51.5 cm³/mol. The second-order valence-electron chi connectivity index (χ2n) is 4.74. The van der Waals surface area contributed by atoms with Crippen molar-refractivity contribution in [3.8, 4) is 0 Å². The van der Waals surface area contributed by atoms with E-state index in [0.29, 0.717) is 0 Å². The van der Waals surface area contributed by atoms with E-state index in [-0.39, 0.29) is 35.7 Å². The molecule has 4 heteroatoms. The predicted octanol–water partition coefficient (Wildman–Crippen LogP) is 0.710. The van der Waals surface area contributed by atoms with Crippen LogP contribution in [-0.4, -0.2) is 25.0 Å². The van der Waals surface area contributed by atoms with Gasteiger partial charge >= 0.3 is 5.97 Å². The van der Waals surface area contributed by atoms with Crippen LogP contribution in [0.4, 0.5) is 0 Å². The molecular formula is C10H17NO3. The molecule has 2 atom stereocenters. The molecule has 0 aliphatic carbocycles. The second-order valence-corrected chi connectivity index (χ2v) is 4.74. The Labute approximate surface area is 84.0 Å². The van der Waals surface area contributed by atoms with Gasteiger partial charge in [-0.15, -0.1) is 0 Å². The summed E-state index contributed by atoms with van der Waals surface area (Å²) in [6.45, 7) is 6.00. The third-order valence-electron chi connectivity index (χ3n) is 2.56. The van der Waals surface area contributed by atoms with Gasteiger partial charge < -0.3 is 10.1 Å². The van der Waals surface area contributed by atoms with Gasteiger partial charge in [-0.05, 0) is 5.41 Å². The second kappa shape index (κ2) is 3.59. The standard InChI is InChI=1S/C10H17NO3/c1-10(2,3)8-6(9(13)14-4)5-7(12)11-8/h6,8H,5H2,1-4H3,(H,11,12). The summed E-state index contributed by atoms with van der Waals surface area (Å²) >= 11 is 0. The van der Waals surface area contributed by atoms with E-state index in [1.54, 1.807) is 0 Å². The van der Waals surface area contributed by atoms with Crippen LogP contribution in [0.1, 0.15) is 27.2 Å². The first-order chi connectivity index (χ1) is 6.36. The Bertz CT molecular complexity index is 255. The lowest BCUT2D eigenvalue weighted by Gasteiger charge is -2.30. The minimum Gasteiger partial charge on any atom is -0.469 e. The molecule has 14 heavy (non-hydrogen) atoms. The van der Waals surface area contributed by atoms with E-state index >= 15 is 0 Å². The Morgan fingerprint density at radius 1 is 1.50 bits per heavy atom. The van der Waals surface area contributed by atoms with Crippen LogP contribution in [0, 0.1) is 11.3 Å². The Morgan fingerprint density at radius 2 is 2.07 bits per heavy atom. The third-order valence-corrected chi connectivity index (χ3v) is 2.56. The molecule has 1 heterocycles. The molecule has 1 saturated heterocycles. The average Bonchev–Trinajstić information content (AvgIpc) is 2.45. The largest absolute Gasteiger partial charge is 0.469 e. The Balaban J connectivity index is 2.83. The number of carbonyl (C=O) groups excluding carboxylic acids is 2. The van der Waals surface area contributed by atoms with Gasteiger partial charge in [-0.25, -0.2) is 0 Å². The molecule has 0 aromatic rings. The molecule has 4 nitrogen and oxygen atoms in total. The molecule has 0 radical (unpaired) electrons. The van der Waals surface area contributed by atoms with E-state index in [9.17, 15) is 9.59 Å². The zero-order valence-electron chi connectivity index (χ0n) is 9.09. The number of carbonyl (C=O) groups is 2. The highest BCUT2D eigenvalue weighted by atomic mass is 16.5. The monoisotopic (exact) mass is 199 g/mol. The Morgan fingerprint density at radius 3 is 2.50 bits per heavy atom. The smallest absolute Gasteiger partial charge is 0.311 e. The van der Waals surface area contributed by atoms with Crippen molar-refractivity contribution in [3.05, 3.63) is 0 Å². The quantitative estimate of drug-likeness (QED) is 0.633. The first kappa shape index (κ1) is 11.0. The van der Waals surface area contributed by atoms with Gasteiger partial charge in [0.05, 0.1) is 13.0 Å². The van der Waals surface area contributed by atoms with Gasteiger partial charge in [-0.3, -0.25) is 9.59 Å². The van der Waals surface area contributed by atoms with Crippen molar-refractivity contribution < 1.29 is 14.3 Å². The molecule has 0 aromatic carbocycles. The maximum Gasteiger partial charge on any atom is 0.311 e. The van der Waals surface area contributed by atoms with E-state index in [1.165, 1.54) is 7.11 Å². The highest BCUT2D eigenvalue weighted by molar-refractivity contribution is 5.87. The van der Waals surface area contributed by atoms with Crippen molar-refractivity contribution in [1.82, 2.24) is 5.32 Å². The van der Waals surface area contributed by atoms with Crippen molar-refractivity contribution in [2.24, 2.45) is 11.3 Å². The summed E-state index contributed by atoms with van der Waals surface area (Å²) in [6, 6.07) is -0.123. The van der Waals surface area contributed by atoms with Crippen LogP contribution < -0.4 is 5.32 Å². The molecule has 0 aromatic heterocycles. The minimum atomic E-state index is -0.340. The van der Waals surface area contributed by atoms with Crippen molar-refractivity contribution in [1.29, 1.82) is 0 Å². The van der Waals surface area contributed by atoms with E-state index in [0.717, 1.165) is 0 Å². The van der Waals surface area contributed by atoms with Crippen LogP contribution in [-0.2, 0) is 14.3 Å². The van der Waals surface area contributed by atoms with Gasteiger partial charge in [0.2, 0.25) is 5.91 Å². The summed E-state index contributed by atoms with van der Waals surface area (Å²) in [5, 5.41) is 2.82. The molecule has 80 valence electrons. The molecular weight excluding hydrogens is 182 g/mol. The van der Waals surface area contributed by atoms with Gasteiger partial charge in [0.25, 0.3) is 0 Å². The summed E-state index contributed by atoms with van der Waals surface area (Å²) in [5.74, 6) is -0.712. The van der Waals surface area contributed by atoms with Gasteiger partial charge in [0.1, 0.15) is 0 Å². The molecule has 1 N–H and O–H groups in total. The molecule has 1 amide bonds. The normalized spacial score (nSPS) is 27.3. The summed E-state index contributed by atoms with van der Waals surface area (Å²) in [4.78, 5) is 22.6. The fourth-order valence-corrected chi connectivity index (χ4v) is 1.84. The van der Waals surface area contributed by atoms with Crippen molar-refractivity contribution in [3.63, 3.8) is 0 Å². The fraction of sp³-hybridized carbons (Fsp3) is 0.800. The first-order valence-corrected chi connectivity index (χ1v) is 4.73. The number of esters is 1. The van der Waals surface area contributed by atoms with E-state index in [4.69, 9.17) is 0 Å². The third kappa shape index (κ3) is 2.05. The van der Waals surface area contributed by atoms with Crippen molar-refractivity contribution in [2.45, 2.75) is 33.2 Å². The van der Waals surface area contributed by atoms with Crippen LogP contribution in [0.25, 0.3) is 0 Å². The number of methoxy groups -OCH3 is 1. The summed E-state index contributed by atoms with van der Waals surface area (Å²) in [7, 11) is 1.35. The van der Waals surface area contributed by atoms with E-state index < -0.39 is 0 Å². The topological polar surface area (TPSA) is 55.4 Å². The maximum absolute atomic E-state index is 11.4. The molecule has 1 fully saturated rings. The minimum absolute atomic E-state index is 0.0691. The van der Waals surface area contributed by atoms with Crippen LogP contribution in [0.15, 0.2) is 0 Å². The van der Waals surface area contributed by atoms with Crippen molar-refractivity contribution in [2.75, 3.05) is 7.11 Å². The van der Waals surface area contributed by atoms with Crippen molar-refractivity contribution >= 4 is 11.9 Å². The highest BCUT2D eigenvalue weighted by Crippen LogP contribution is 2.31. The summed E-state index contributed by atoms with van der Waals surface area (Å²) < 4.78 is 4.68. The number of amides is 1. The Kier molecular flexibility index (Phi) is 2.83. The number of ether oxygens (including phenoxy) is 1. The number of hydrogen-bond acceptors (Lipinski definition) is 3. The molecule has 0 bridgehead atoms. The zero-order chi connectivity index (χ0) is 10.9. The lowest BCUT2D eigenvalue weighted by Crippen LogP contribution is -2.43. The van der Waals surface area contributed by atoms with Crippen LogP contribution in [0.2, 0.25) is 0 Å². The molecule has 1 aliphatic heterocycles. The lowest BCUT2D eigenvalue weighted by molar-refractivity contribution is -0.147. The van der Waals surface area contributed by atoms with Crippen LogP contribution in [0.3, 0.4) is 0 Å². The molecule has 1 rings (SSSR count). The van der Waals surface area contributed by atoms with Gasteiger partial charge in [0, 0.05) is 12.5 Å². The summed E-state index contributed by atoms with van der Waals surface area (Å²) in [6.07, 6.45) is 0.245. The average molecular weight is 199 g/mol. The first-order valence-electron chi connectivity index (χ1n) is 4.73. The van der Waals surface area contributed by atoms with Crippen LogP contribution >= 0.6 is 0 Å². The van der Waals surface area contributed by atoms with Crippen LogP contribution in [0.5, 0.6) is 0 Å². The SMILES string of the molecule is COC(=O)C1CC(=O)NC1C(C)(C)C. The van der Waals surface area contributed by atoms with Gasteiger partial charge in [0.15, 0.2) is 0 Å². The maximum atomic E-state index is 11.4. The number of hydrogen-bond donors (Lipinski definition) is 1. The molecule has 0 saturated carbocycles. The molecule has 0 spiro atoms. The fourth-order valence-electron chi connectivity index (χ4n) is 1.84. The summed E-state index contributed by atoms with van der Waals surface area (Å²) in [5.41, 5.74) is -0.120. The molecule has 2 unspecified atom stereocenters. The zero-order valence-corrected chi connectivity index (χ0v) is 9.09. The van der Waals surface area contributed by atoms with E-state index in [2.05, 4.69) is 10.1 Å². The highest BCUT2D eigenvalue weighted by Gasteiger charge is 2.44. The Hall–Kier alpha value is -1.06. The van der Waals surface area contributed by atoms with Gasteiger partial charge in [-0.2, -0.15) is 0 Å². The van der Waals surface area contributed by atoms with E-state index in [1.807, 2.05) is 20.8 Å². The van der Waals surface area contributed by atoms with Gasteiger partial charge in [-0.1, -0.05) is 20.8 Å². The lowest BCUT2D eigenvalue weighted by atomic mass is 9.80. The number of rotatable bonds is 1.